The number of rotatable bonds is 3. The van der Waals surface area contributed by atoms with Gasteiger partial charge in [-0.1, -0.05) is 6.92 Å². The van der Waals surface area contributed by atoms with Gasteiger partial charge >= 0.3 is 0 Å². The van der Waals surface area contributed by atoms with E-state index in [9.17, 15) is 0 Å². The molecule has 1 heterocycles. The predicted octanol–water partition coefficient (Wildman–Crippen LogP) is 1.51. The zero-order valence-corrected chi connectivity index (χ0v) is 8.05. The van der Waals surface area contributed by atoms with Crippen molar-refractivity contribution in [1.82, 2.24) is 4.90 Å². The van der Waals surface area contributed by atoms with Crippen LogP contribution in [0.3, 0.4) is 0 Å². The molecule has 0 aromatic carbocycles. The van der Waals surface area contributed by atoms with E-state index in [2.05, 4.69) is 32.7 Å². The van der Waals surface area contributed by atoms with Crippen LogP contribution in [-0.2, 0) is 4.74 Å². The molecule has 0 spiro atoms. The van der Waals surface area contributed by atoms with Crippen LogP contribution in [0.25, 0.3) is 0 Å². The normalized spacial score (nSPS) is 20.5. The predicted molar refractivity (Wildman–Crippen MR) is 46.7 cm³/mol. The zero-order chi connectivity index (χ0) is 8.48. The van der Waals surface area contributed by atoms with Crippen molar-refractivity contribution in [3.63, 3.8) is 0 Å². The number of hydrogen-bond donors (Lipinski definition) is 0. The molecule has 66 valence electrons. The Morgan fingerprint density at radius 1 is 1.45 bits per heavy atom. The molecule has 0 unspecified atom stereocenters. The van der Waals surface area contributed by atoms with Crippen molar-refractivity contribution in [2.45, 2.75) is 38.8 Å². The van der Waals surface area contributed by atoms with Crippen molar-refractivity contribution in [3.8, 4) is 0 Å². The summed E-state index contributed by atoms with van der Waals surface area (Å²) in [4.78, 5) is 2.43. The standard InChI is InChI=1S/C9H19NO/c1-5-9(2,3)10(4)8-6-11-7-8/h8H,5-7H2,1-4H3. The van der Waals surface area contributed by atoms with E-state index in [0.717, 1.165) is 13.2 Å². The highest BCUT2D eigenvalue weighted by molar-refractivity contribution is 4.86. The smallest absolute Gasteiger partial charge is 0.0645 e. The third kappa shape index (κ3) is 1.74. The Morgan fingerprint density at radius 3 is 2.27 bits per heavy atom. The maximum absolute atomic E-state index is 5.15. The van der Waals surface area contributed by atoms with Crippen molar-refractivity contribution in [2.24, 2.45) is 0 Å². The van der Waals surface area contributed by atoms with Crippen molar-refractivity contribution in [3.05, 3.63) is 0 Å². The average Bonchev–Trinajstić information content (AvgIpc) is 1.84. The molecular formula is C9H19NO. The second-order valence-electron chi connectivity index (χ2n) is 3.97. The largest absolute Gasteiger partial charge is 0.378 e. The van der Waals surface area contributed by atoms with Gasteiger partial charge in [0.25, 0.3) is 0 Å². The first kappa shape index (κ1) is 9.01. The molecule has 0 saturated carbocycles. The van der Waals surface area contributed by atoms with E-state index in [1.807, 2.05) is 0 Å². The molecule has 1 aliphatic rings. The molecule has 0 bridgehead atoms. The number of likely N-dealkylation sites (N-methyl/N-ethyl adjacent to an activating group) is 1. The Bertz CT molecular complexity index is 130. The minimum atomic E-state index is 0.328. The number of ether oxygens (including phenoxy) is 1. The van der Waals surface area contributed by atoms with E-state index in [1.165, 1.54) is 6.42 Å². The van der Waals surface area contributed by atoms with E-state index in [4.69, 9.17) is 4.74 Å². The lowest BCUT2D eigenvalue weighted by atomic mass is 9.97. The van der Waals surface area contributed by atoms with Gasteiger partial charge in [-0.05, 0) is 27.3 Å². The molecule has 0 N–H and O–H groups in total. The monoisotopic (exact) mass is 157 g/mol. The Labute approximate surface area is 69.5 Å². The highest BCUT2D eigenvalue weighted by atomic mass is 16.5. The van der Waals surface area contributed by atoms with Crippen molar-refractivity contribution < 1.29 is 4.74 Å². The van der Waals surface area contributed by atoms with E-state index in [-0.39, 0.29) is 0 Å². The second kappa shape index (κ2) is 3.11. The quantitative estimate of drug-likeness (QED) is 0.615. The van der Waals surface area contributed by atoms with Crippen LogP contribution < -0.4 is 0 Å². The highest BCUT2D eigenvalue weighted by Crippen LogP contribution is 2.22. The SMILES string of the molecule is CCC(C)(C)N(C)C1COC1. The van der Waals surface area contributed by atoms with Crippen LogP contribution in [0, 0.1) is 0 Å². The van der Waals surface area contributed by atoms with Crippen LogP contribution in [-0.4, -0.2) is 36.7 Å². The first-order valence-electron chi connectivity index (χ1n) is 4.38. The third-order valence-corrected chi connectivity index (χ3v) is 2.99. The summed E-state index contributed by atoms with van der Waals surface area (Å²) in [5, 5.41) is 0. The van der Waals surface area contributed by atoms with Crippen molar-refractivity contribution >= 4 is 0 Å². The average molecular weight is 157 g/mol. The van der Waals surface area contributed by atoms with Gasteiger partial charge in [-0.2, -0.15) is 0 Å². The Morgan fingerprint density at radius 2 is 2.00 bits per heavy atom. The van der Waals surface area contributed by atoms with Gasteiger partial charge in [0.1, 0.15) is 0 Å². The zero-order valence-electron chi connectivity index (χ0n) is 8.05. The van der Waals surface area contributed by atoms with Gasteiger partial charge in [0, 0.05) is 5.54 Å². The summed E-state index contributed by atoms with van der Waals surface area (Å²) in [6, 6.07) is 0.657. The lowest BCUT2D eigenvalue weighted by molar-refractivity contribution is -0.0864. The number of hydrogen-bond acceptors (Lipinski definition) is 2. The van der Waals surface area contributed by atoms with Crippen LogP contribution >= 0.6 is 0 Å². The molecule has 1 fully saturated rings. The lowest BCUT2D eigenvalue weighted by Gasteiger charge is -2.44. The third-order valence-electron chi connectivity index (χ3n) is 2.99. The number of nitrogens with zero attached hydrogens (tertiary/aromatic N) is 1. The van der Waals surface area contributed by atoms with Crippen molar-refractivity contribution in [1.29, 1.82) is 0 Å². The fourth-order valence-corrected chi connectivity index (χ4v) is 1.19. The maximum Gasteiger partial charge on any atom is 0.0645 e. The molecule has 0 amide bonds. The molecule has 0 aromatic rings. The van der Waals surface area contributed by atoms with Gasteiger partial charge < -0.3 is 4.74 Å². The summed E-state index contributed by atoms with van der Waals surface area (Å²) in [5.41, 5.74) is 0.328. The summed E-state index contributed by atoms with van der Waals surface area (Å²) in [7, 11) is 2.19. The fourth-order valence-electron chi connectivity index (χ4n) is 1.19. The van der Waals surface area contributed by atoms with Crippen LogP contribution in [0.5, 0.6) is 0 Å². The van der Waals surface area contributed by atoms with E-state index < -0.39 is 0 Å². The Kier molecular flexibility index (Phi) is 2.55. The Balaban J connectivity index is 2.44. The molecule has 1 aliphatic heterocycles. The van der Waals surface area contributed by atoms with Gasteiger partial charge in [0.2, 0.25) is 0 Å². The molecule has 11 heavy (non-hydrogen) atoms. The lowest BCUT2D eigenvalue weighted by Crippen LogP contribution is -2.55. The van der Waals surface area contributed by atoms with Gasteiger partial charge in [-0.3, -0.25) is 4.90 Å². The first-order chi connectivity index (χ1) is 5.08. The molecule has 1 rings (SSSR count). The molecule has 2 heteroatoms. The Hall–Kier alpha value is -0.0800. The van der Waals surface area contributed by atoms with E-state index >= 15 is 0 Å². The first-order valence-corrected chi connectivity index (χ1v) is 4.38. The molecule has 1 saturated heterocycles. The topological polar surface area (TPSA) is 12.5 Å². The van der Waals surface area contributed by atoms with E-state index in [0.29, 0.717) is 11.6 Å². The molecule has 0 aromatic heterocycles. The second-order valence-corrected chi connectivity index (χ2v) is 3.97. The van der Waals surface area contributed by atoms with Gasteiger partial charge in [-0.15, -0.1) is 0 Å². The summed E-state index contributed by atoms with van der Waals surface area (Å²) in [5.74, 6) is 0. The summed E-state index contributed by atoms with van der Waals surface area (Å²) >= 11 is 0. The van der Waals surface area contributed by atoms with Crippen LogP contribution in [0.4, 0.5) is 0 Å². The minimum absolute atomic E-state index is 0.328. The van der Waals surface area contributed by atoms with E-state index in [1.54, 1.807) is 0 Å². The molecule has 2 nitrogen and oxygen atoms in total. The molecule has 0 radical (unpaired) electrons. The fraction of sp³-hybridized carbons (Fsp3) is 1.00. The van der Waals surface area contributed by atoms with Gasteiger partial charge in [0.05, 0.1) is 19.3 Å². The molecular weight excluding hydrogens is 138 g/mol. The summed E-state index contributed by atoms with van der Waals surface area (Å²) < 4.78 is 5.15. The van der Waals surface area contributed by atoms with Crippen LogP contribution in [0.15, 0.2) is 0 Å². The van der Waals surface area contributed by atoms with Gasteiger partial charge in [0.15, 0.2) is 0 Å². The maximum atomic E-state index is 5.15. The minimum Gasteiger partial charge on any atom is -0.378 e. The molecule has 0 atom stereocenters. The van der Waals surface area contributed by atoms with Crippen LogP contribution in [0.2, 0.25) is 0 Å². The highest BCUT2D eigenvalue weighted by Gasteiger charge is 2.31. The van der Waals surface area contributed by atoms with Crippen molar-refractivity contribution in [2.75, 3.05) is 20.3 Å². The van der Waals surface area contributed by atoms with Crippen LogP contribution in [0.1, 0.15) is 27.2 Å². The summed E-state index contributed by atoms with van der Waals surface area (Å²) in [6.45, 7) is 8.63. The molecule has 0 aliphatic carbocycles. The summed E-state index contributed by atoms with van der Waals surface area (Å²) in [6.07, 6.45) is 1.19. The van der Waals surface area contributed by atoms with Gasteiger partial charge in [-0.25, -0.2) is 0 Å².